The smallest absolute Gasteiger partial charge is 0.335 e. The summed E-state index contributed by atoms with van der Waals surface area (Å²) in [4.78, 5) is 16.0. The second kappa shape index (κ2) is 7.26. The number of nitrogens with one attached hydrogen (secondary N) is 1. The summed E-state index contributed by atoms with van der Waals surface area (Å²) in [7, 11) is 0. The first-order chi connectivity index (χ1) is 13.5. The number of nitrogens with zero attached hydrogens (tertiary/aromatic N) is 2. The van der Waals surface area contributed by atoms with Crippen molar-refractivity contribution in [2.45, 2.75) is 13.3 Å². The molecule has 7 heteroatoms. The van der Waals surface area contributed by atoms with Crippen LogP contribution in [0.15, 0.2) is 48.5 Å². The number of hydrogen-bond donors (Lipinski definition) is 2. The van der Waals surface area contributed by atoms with E-state index in [1.165, 1.54) is 0 Å². The molecule has 0 aliphatic carbocycles. The zero-order chi connectivity index (χ0) is 19.8. The monoisotopic (exact) mass is 411 g/mol. The average molecular weight is 412 g/mol. The Morgan fingerprint density at radius 2 is 1.82 bits per heavy atom. The quantitative estimate of drug-likeness (QED) is 0.440. The highest BCUT2D eigenvalue weighted by molar-refractivity contribution is 6.42. The van der Waals surface area contributed by atoms with Crippen molar-refractivity contribution >= 4 is 40.2 Å². The van der Waals surface area contributed by atoms with Gasteiger partial charge >= 0.3 is 5.97 Å². The van der Waals surface area contributed by atoms with Crippen molar-refractivity contribution in [2.24, 2.45) is 0 Å². The first-order valence-electron chi connectivity index (χ1n) is 8.65. The van der Waals surface area contributed by atoms with E-state index in [1.54, 1.807) is 24.3 Å². The fourth-order valence-electron chi connectivity index (χ4n) is 3.18. The lowest BCUT2D eigenvalue weighted by molar-refractivity contribution is 0.0696. The normalized spacial score (nSPS) is 11.1. The third-order valence-corrected chi connectivity index (χ3v) is 5.38. The van der Waals surface area contributed by atoms with Gasteiger partial charge in [0.15, 0.2) is 5.65 Å². The highest BCUT2D eigenvalue weighted by atomic mass is 35.5. The maximum atomic E-state index is 11.3. The molecular formula is C21H15Cl2N3O2. The largest absolute Gasteiger partial charge is 0.478 e. The van der Waals surface area contributed by atoms with Crippen LogP contribution < -0.4 is 0 Å². The zero-order valence-electron chi connectivity index (χ0n) is 14.8. The van der Waals surface area contributed by atoms with Crippen LogP contribution in [-0.2, 0) is 6.42 Å². The summed E-state index contributed by atoms with van der Waals surface area (Å²) in [6.45, 7) is 1.93. The predicted molar refractivity (Wildman–Crippen MR) is 111 cm³/mol. The number of H-pyrrole nitrogens is 1. The number of fused-ring (bicyclic) bond motifs is 1. The van der Waals surface area contributed by atoms with E-state index in [0.717, 1.165) is 33.5 Å². The van der Waals surface area contributed by atoms with Crippen molar-refractivity contribution in [3.05, 3.63) is 69.7 Å². The SMILES string of the molecule is CCc1cc(-c2ccc3c(-c4ccc(Cl)c(Cl)c4)[nH]nc3n2)ccc1C(=O)O. The van der Waals surface area contributed by atoms with Crippen molar-refractivity contribution < 1.29 is 9.90 Å². The van der Waals surface area contributed by atoms with Gasteiger partial charge in [0.1, 0.15) is 0 Å². The van der Waals surface area contributed by atoms with Crippen LogP contribution in [0.1, 0.15) is 22.8 Å². The third kappa shape index (κ3) is 3.23. The number of aromatic amines is 1. The number of rotatable bonds is 4. The summed E-state index contributed by atoms with van der Waals surface area (Å²) < 4.78 is 0. The molecule has 2 N–H and O–H groups in total. The van der Waals surface area contributed by atoms with Gasteiger partial charge in [-0.05, 0) is 48.4 Å². The standard InChI is InChI=1S/C21H15Cl2N3O2/c1-2-11-9-12(3-5-14(11)21(27)28)18-8-6-15-19(25-26-20(15)24-18)13-4-7-16(22)17(23)10-13/h3-10H,2H2,1H3,(H,27,28)(H,24,25,26). The molecular weight excluding hydrogens is 397 g/mol. The van der Waals surface area contributed by atoms with Crippen molar-refractivity contribution in [1.29, 1.82) is 0 Å². The number of benzene rings is 2. The molecule has 28 heavy (non-hydrogen) atoms. The van der Waals surface area contributed by atoms with Gasteiger partial charge < -0.3 is 5.11 Å². The molecule has 2 heterocycles. The number of carbonyl (C=O) groups is 1. The molecule has 0 aliphatic heterocycles. The van der Waals surface area contributed by atoms with Gasteiger partial charge in [-0.1, -0.05) is 42.3 Å². The lowest BCUT2D eigenvalue weighted by Crippen LogP contribution is -2.02. The summed E-state index contributed by atoms with van der Waals surface area (Å²) in [5.74, 6) is -0.926. The molecule has 2 aromatic carbocycles. The summed E-state index contributed by atoms with van der Waals surface area (Å²) in [5, 5.41) is 18.4. The minimum Gasteiger partial charge on any atom is -0.478 e. The van der Waals surface area contributed by atoms with E-state index in [2.05, 4.69) is 15.2 Å². The Balaban J connectivity index is 1.77. The van der Waals surface area contributed by atoms with E-state index in [0.29, 0.717) is 27.7 Å². The van der Waals surface area contributed by atoms with Crippen LogP contribution in [0.2, 0.25) is 10.0 Å². The van der Waals surface area contributed by atoms with Crippen molar-refractivity contribution in [3.8, 4) is 22.5 Å². The van der Waals surface area contributed by atoms with Crippen molar-refractivity contribution in [1.82, 2.24) is 15.2 Å². The number of aromatic carboxylic acids is 1. The molecule has 0 saturated carbocycles. The van der Waals surface area contributed by atoms with Crippen LogP contribution in [0.3, 0.4) is 0 Å². The Morgan fingerprint density at radius 3 is 2.54 bits per heavy atom. The van der Waals surface area contributed by atoms with Crippen LogP contribution in [0, 0.1) is 0 Å². The van der Waals surface area contributed by atoms with Crippen LogP contribution >= 0.6 is 23.2 Å². The highest BCUT2D eigenvalue weighted by Gasteiger charge is 2.14. The molecule has 0 saturated heterocycles. The van der Waals surface area contributed by atoms with Gasteiger partial charge in [-0.25, -0.2) is 9.78 Å². The molecule has 2 aromatic heterocycles. The lowest BCUT2D eigenvalue weighted by atomic mass is 10.00. The van der Waals surface area contributed by atoms with Crippen LogP contribution in [0.25, 0.3) is 33.5 Å². The van der Waals surface area contributed by atoms with Crippen molar-refractivity contribution in [3.63, 3.8) is 0 Å². The van der Waals surface area contributed by atoms with Gasteiger partial charge in [0.2, 0.25) is 0 Å². The molecule has 0 radical (unpaired) electrons. The molecule has 0 amide bonds. The summed E-state index contributed by atoms with van der Waals surface area (Å²) in [6.07, 6.45) is 0.627. The number of hydrogen-bond acceptors (Lipinski definition) is 3. The Hall–Kier alpha value is -2.89. The van der Waals surface area contributed by atoms with Gasteiger partial charge in [0.05, 0.1) is 27.0 Å². The van der Waals surface area contributed by atoms with E-state index in [9.17, 15) is 9.90 Å². The molecule has 4 rings (SSSR count). The van der Waals surface area contributed by atoms with Crippen LogP contribution in [0.4, 0.5) is 0 Å². The Morgan fingerprint density at radius 1 is 1.04 bits per heavy atom. The number of halogens is 2. The first kappa shape index (κ1) is 18.5. The predicted octanol–water partition coefficient (Wildman–Crippen LogP) is 5.86. The summed E-state index contributed by atoms with van der Waals surface area (Å²) in [5.41, 5.74) is 4.90. The fraction of sp³-hybridized carbons (Fsp3) is 0.0952. The highest BCUT2D eigenvalue weighted by Crippen LogP contribution is 2.32. The maximum absolute atomic E-state index is 11.3. The Labute approximate surface area is 171 Å². The van der Waals surface area contributed by atoms with Gasteiger partial charge in [0.25, 0.3) is 0 Å². The fourth-order valence-corrected chi connectivity index (χ4v) is 3.48. The molecule has 140 valence electrons. The maximum Gasteiger partial charge on any atom is 0.335 e. The van der Waals surface area contributed by atoms with Crippen molar-refractivity contribution in [2.75, 3.05) is 0 Å². The lowest BCUT2D eigenvalue weighted by Gasteiger charge is -2.07. The second-order valence-corrected chi connectivity index (χ2v) is 7.14. The first-order valence-corrected chi connectivity index (χ1v) is 9.40. The van der Waals surface area contributed by atoms with E-state index in [-0.39, 0.29) is 0 Å². The number of pyridine rings is 1. The third-order valence-electron chi connectivity index (χ3n) is 4.64. The number of carboxylic acids is 1. The number of aromatic nitrogens is 3. The minimum absolute atomic E-state index is 0.314. The Bertz CT molecular complexity index is 1220. The van der Waals surface area contributed by atoms with E-state index in [1.807, 2.05) is 31.2 Å². The van der Waals surface area contributed by atoms with Crippen LogP contribution in [0.5, 0.6) is 0 Å². The minimum atomic E-state index is -0.926. The topological polar surface area (TPSA) is 78.9 Å². The summed E-state index contributed by atoms with van der Waals surface area (Å²) in [6, 6.07) is 14.5. The number of carboxylic acid groups (broad SMARTS) is 1. The second-order valence-electron chi connectivity index (χ2n) is 6.33. The average Bonchev–Trinajstić information content (AvgIpc) is 3.12. The molecule has 0 aliphatic rings. The van der Waals surface area contributed by atoms with Crippen LogP contribution in [-0.4, -0.2) is 26.3 Å². The molecule has 0 atom stereocenters. The molecule has 0 unspecified atom stereocenters. The van der Waals surface area contributed by atoms with Gasteiger partial charge in [-0.15, -0.1) is 0 Å². The molecule has 5 nitrogen and oxygen atoms in total. The zero-order valence-corrected chi connectivity index (χ0v) is 16.3. The van der Waals surface area contributed by atoms with Gasteiger partial charge in [-0.3, -0.25) is 5.10 Å². The van der Waals surface area contributed by atoms with E-state index < -0.39 is 5.97 Å². The van der Waals surface area contributed by atoms with E-state index in [4.69, 9.17) is 23.2 Å². The van der Waals surface area contributed by atoms with Gasteiger partial charge in [-0.2, -0.15) is 5.10 Å². The summed E-state index contributed by atoms with van der Waals surface area (Å²) >= 11 is 12.1. The number of aryl methyl sites for hydroxylation is 1. The Kier molecular flexibility index (Phi) is 4.79. The van der Waals surface area contributed by atoms with E-state index >= 15 is 0 Å². The molecule has 4 aromatic rings. The molecule has 0 spiro atoms. The molecule has 0 fully saturated rings. The molecule has 0 bridgehead atoms. The van der Waals surface area contributed by atoms with Gasteiger partial charge in [0, 0.05) is 16.5 Å².